The van der Waals surface area contributed by atoms with Crippen LogP contribution in [0.1, 0.15) is 31.7 Å². The van der Waals surface area contributed by atoms with Crippen molar-refractivity contribution in [3.05, 3.63) is 48.0 Å². The summed E-state index contributed by atoms with van der Waals surface area (Å²) in [5.74, 6) is 3.41. The lowest BCUT2D eigenvalue weighted by Crippen LogP contribution is -2.31. The first kappa shape index (κ1) is 19.9. The molecule has 150 valence electrons. The molecule has 6 nitrogen and oxygen atoms in total. The van der Waals surface area contributed by atoms with Crippen molar-refractivity contribution in [3.63, 3.8) is 0 Å². The van der Waals surface area contributed by atoms with E-state index < -0.39 is 0 Å². The van der Waals surface area contributed by atoms with Crippen molar-refractivity contribution in [2.24, 2.45) is 4.99 Å². The molecule has 0 fully saturated rings. The zero-order valence-corrected chi connectivity index (χ0v) is 16.8. The van der Waals surface area contributed by atoms with Crippen molar-refractivity contribution in [2.45, 2.75) is 26.2 Å². The van der Waals surface area contributed by atoms with Crippen LogP contribution >= 0.6 is 0 Å². The topological polar surface area (TPSA) is 64.1 Å². The van der Waals surface area contributed by atoms with Gasteiger partial charge in [0.25, 0.3) is 0 Å². The molecule has 0 saturated heterocycles. The number of nitrogens with one attached hydrogen (secondary N) is 2. The molecule has 0 spiro atoms. The molecule has 1 heterocycles. The number of hydrogen-bond donors (Lipinski definition) is 2. The maximum absolute atomic E-state index is 5.77. The van der Waals surface area contributed by atoms with E-state index >= 15 is 0 Å². The van der Waals surface area contributed by atoms with Gasteiger partial charge in [0.1, 0.15) is 5.75 Å². The number of rotatable bonds is 6. The van der Waals surface area contributed by atoms with Gasteiger partial charge in [-0.2, -0.15) is 0 Å². The highest BCUT2D eigenvalue weighted by Gasteiger charge is 2.13. The van der Waals surface area contributed by atoms with Crippen LogP contribution in [0.5, 0.6) is 17.2 Å². The Morgan fingerprint density at radius 1 is 1.14 bits per heavy atom. The van der Waals surface area contributed by atoms with E-state index in [0.717, 1.165) is 47.4 Å². The second-order valence-corrected chi connectivity index (χ2v) is 6.70. The van der Waals surface area contributed by atoms with Crippen LogP contribution in [0, 0.1) is 0 Å². The average molecular weight is 383 g/mol. The van der Waals surface area contributed by atoms with Crippen LogP contribution < -0.4 is 24.8 Å². The van der Waals surface area contributed by atoms with E-state index in [1.54, 1.807) is 7.11 Å². The molecule has 0 aromatic heterocycles. The Balaban J connectivity index is 1.71. The van der Waals surface area contributed by atoms with Gasteiger partial charge in [0.15, 0.2) is 17.5 Å². The second kappa shape index (κ2) is 9.88. The van der Waals surface area contributed by atoms with E-state index in [-0.39, 0.29) is 5.92 Å². The standard InChI is InChI=1S/C22H29N3O3/c1-4-23-22(24-15-16(2)18-8-5-6-9-19(18)26-3)25-17-10-11-20-21(14-17)28-13-7-12-27-20/h5-6,8-11,14,16H,4,7,12-13,15H2,1-3H3,(H2,23,24,25). The summed E-state index contributed by atoms with van der Waals surface area (Å²) >= 11 is 0. The van der Waals surface area contributed by atoms with Gasteiger partial charge in [0, 0.05) is 37.2 Å². The second-order valence-electron chi connectivity index (χ2n) is 6.70. The normalized spacial score (nSPS) is 14.8. The lowest BCUT2D eigenvalue weighted by molar-refractivity contribution is 0.297. The first-order chi connectivity index (χ1) is 13.7. The average Bonchev–Trinajstić information content (AvgIpc) is 2.97. The summed E-state index contributed by atoms with van der Waals surface area (Å²) < 4.78 is 16.9. The summed E-state index contributed by atoms with van der Waals surface area (Å²) in [5.41, 5.74) is 2.06. The monoisotopic (exact) mass is 383 g/mol. The van der Waals surface area contributed by atoms with Gasteiger partial charge in [0.05, 0.1) is 20.3 Å². The molecular weight excluding hydrogens is 354 g/mol. The highest BCUT2D eigenvalue weighted by Crippen LogP contribution is 2.32. The van der Waals surface area contributed by atoms with Crippen LogP contribution in [0.25, 0.3) is 0 Å². The van der Waals surface area contributed by atoms with Gasteiger partial charge >= 0.3 is 0 Å². The summed E-state index contributed by atoms with van der Waals surface area (Å²) in [7, 11) is 1.70. The highest BCUT2D eigenvalue weighted by molar-refractivity contribution is 5.94. The zero-order chi connectivity index (χ0) is 19.8. The zero-order valence-electron chi connectivity index (χ0n) is 16.8. The van der Waals surface area contributed by atoms with E-state index in [1.807, 2.05) is 36.4 Å². The molecule has 1 atom stereocenters. The predicted molar refractivity (Wildman–Crippen MR) is 113 cm³/mol. The Morgan fingerprint density at radius 2 is 1.93 bits per heavy atom. The maximum Gasteiger partial charge on any atom is 0.195 e. The molecule has 0 aliphatic carbocycles. The van der Waals surface area contributed by atoms with Crippen molar-refractivity contribution < 1.29 is 14.2 Å². The fraction of sp³-hybridized carbons (Fsp3) is 0.409. The molecule has 28 heavy (non-hydrogen) atoms. The third kappa shape index (κ3) is 5.09. The fourth-order valence-corrected chi connectivity index (χ4v) is 3.08. The van der Waals surface area contributed by atoms with Crippen molar-refractivity contribution in [2.75, 3.05) is 38.7 Å². The molecule has 0 amide bonds. The number of hydrogen-bond acceptors (Lipinski definition) is 4. The molecule has 1 aliphatic heterocycles. The maximum atomic E-state index is 5.77. The largest absolute Gasteiger partial charge is 0.496 e. The third-order valence-corrected chi connectivity index (χ3v) is 4.55. The molecule has 0 bridgehead atoms. The number of benzene rings is 2. The first-order valence-electron chi connectivity index (χ1n) is 9.79. The van der Waals surface area contributed by atoms with E-state index in [1.165, 1.54) is 0 Å². The van der Waals surface area contributed by atoms with E-state index in [2.05, 4.69) is 30.5 Å². The quantitative estimate of drug-likeness (QED) is 0.582. The molecule has 0 saturated carbocycles. The summed E-state index contributed by atoms with van der Waals surface area (Å²) in [6, 6.07) is 13.9. The fourth-order valence-electron chi connectivity index (χ4n) is 3.08. The molecule has 2 aromatic carbocycles. The van der Waals surface area contributed by atoms with Gasteiger partial charge in [-0.15, -0.1) is 0 Å². The van der Waals surface area contributed by atoms with Gasteiger partial charge < -0.3 is 24.8 Å². The Labute approximate surface area is 166 Å². The molecule has 3 rings (SSSR count). The van der Waals surface area contributed by atoms with Crippen molar-refractivity contribution in [1.29, 1.82) is 0 Å². The van der Waals surface area contributed by atoms with Crippen LogP contribution in [0.3, 0.4) is 0 Å². The number of fused-ring (bicyclic) bond motifs is 1. The van der Waals surface area contributed by atoms with Crippen molar-refractivity contribution in [3.8, 4) is 17.2 Å². The first-order valence-corrected chi connectivity index (χ1v) is 9.79. The minimum atomic E-state index is 0.232. The van der Waals surface area contributed by atoms with Crippen LogP contribution in [-0.4, -0.2) is 39.4 Å². The van der Waals surface area contributed by atoms with Gasteiger partial charge in [-0.05, 0) is 30.7 Å². The van der Waals surface area contributed by atoms with Gasteiger partial charge in [-0.3, -0.25) is 4.99 Å². The molecular formula is C22H29N3O3. The number of methoxy groups -OCH3 is 1. The minimum Gasteiger partial charge on any atom is -0.496 e. The van der Waals surface area contributed by atoms with Gasteiger partial charge in [-0.25, -0.2) is 0 Å². The minimum absolute atomic E-state index is 0.232. The molecule has 2 N–H and O–H groups in total. The van der Waals surface area contributed by atoms with Crippen LogP contribution in [0.4, 0.5) is 5.69 Å². The number of guanidine groups is 1. The summed E-state index contributed by atoms with van der Waals surface area (Å²) in [6.45, 7) is 6.97. The Bertz CT molecular complexity index is 807. The number of para-hydroxylation sites is 1. The molecule has 1 unspecified atom stereocenters. The molecule has 2 aromatic rings. The summed E-state index contributed by atoms with van der Waals surface area (Å²) in [6.07, 6.45) is 0.891. The Hall–Kier alpha value is -2.89. The Morgan fingerprint density at radius 3 is 2.71 bits per heavy atom. The van der Waals surface area contributed by atoms with Gasteiger partial charge in [0.2, 0.25) is 0 Å². The molecule has 0 radical (unpaired) electrons. The summed E-state index contributed by atoms with van der Waals surface area (Å²) in [4.78, 5) is 4.76. The molecule has 1 aliphatic rings. The number of aliphatic imine (C=N–C) groups is 1. The van der Waals surface area contributed by atoms with E-state index in [0.29, 0.717) is 19.8 Å². The number of anilines is 1. The summed E-state index contributed by atoms with van der Waals surface area (Å²) in [5, 5.41) is 6.65. The van der Waals surface area contributed by atoms with Crippen LogP contribution in [0.15, 0.2) is 47.5 Å². The third-order valence-electron chi connectivity index (χ3n) is 4.55. The van der Waals surface area contributed by atoms with Gasteiger partial charge in [-0.1, -0.05) is 25.1 Å². The Kier molecular flexibility index (Phi) is 7.00. The van der Waals surface area contributed by atoms with Crippen molar-refractivity contribution >= 4 is 11.6 Å². The highest BCUT2D eigenvalue weighted by atomic mass is 16.5. The van der Waals surface area contributed by atoms with Crippen molar-refractivity contribution in [1.82, 2.24) is 5.32 Å². The lowest BCUT2D eigenvalue weighted by Gasteiger charge is -2.16. The van der Waals surface area contributed by atoms with E-state index in [4.69, 9.17) is 19.2 Å². The lowest BCUT2D eigenvalue weighted by atomic mass is 10.0. The smallest absolute Gasteiger partial charge is 0.195 e. The number of ether oxygens (including phenoxy) is 3. The van der Waals surface area contributed by atoms with E-state index in [9.17, 15) is 0 Å². The van der Waals surface area contributed by atoms with Crippen LogP contribution in [0.2, 0.25) is 0 Å². The van der Waals surface area contributed by atoms with Crippen LogP contribution in [-0.2, 0) is 0 Å². The SMILES string of the molecule is CCNC(=NCC(C)c1ccccc1OC)Nc1ccc2c(c1)OCCCO2. The molecule has 6 heteroatoms. The number of nitrogens with zero attached hydrogens (tertiary/aromatic N) is 1. The predicted octanol–water partition coefficient (Wildman–Crippen LogP) is 4.04.